The molecule has 0 spiro atoms. The monoisotopic (exact) mass is 508 g/mol. The third kappa shape index (κ3) is 5.50. The maximum absolute atomic E-state index is 13.0. The van der Waals surface area contributed by atoms with Crippen LogP contribution in [-0.2, 0) is 12.8 Å². The average molecular weight is 510 g/mol. The molecule has 10 heteroatoms. The topological polar surface area (TPSA) is 104 Å². The number of benzene rings is 1. The molecule has 174 valence electrons. The molecule has 0 radical (unpaired) electrons. The Hall–Kier alpha value is -2.58. The van der Waals surface area contributed by atoms with E-state index in [2.05, 4.69) is 10.1 Å². The molecule has 7 nitrogen and oxygen atoms in total. The Morgan fingerprint density at radius 3 is 2.55 bits per heavy atom. The number of halogens is 3. The van der Waals surface area contributed by atoms with Gasteiger partial charge in [0.25, 0.3) is 5.56 Å². The number of aliphatic hydroxyl groups excluding tert-OH is 2. The Morgan fingerprint density at radius 2 is 1.88 bits per heavy atom. The van der Waals surface area contributed by atoms with Crippen molar-refractivity contribution >= 4 is 45.8 Å². The minimum atomic E-state index is -0.277. The van der Waals surface area contributed by atoms with Gasteiger partial charge in [0.2, 0.25) is 0 Å². The summed E-state index contributed by atoms with van der Waals surface area (Å²) in [7, 11) is 1.00. The minimum absolute atomic E-state index is 0.155. The van der Waals surface area contributed by atoms with E-state index in [1.807, 2.05) is 13.0 Å². The van der Waals surface area contributed by atoms with Crippen molar-refractivity contribution in [3.05, 3.63) is 84.7 Å². The van der Waals surface area contributed by atoms with Crippen molar-refractivity contribution in [1.82, 2.24) is 19.7 Å². The number of fused-ring (bicyclic) bond motifs is 1. The highest BCUT2D eigenvalue weighted by atomic mass is 35.5. The summed E-state index contributed by atoms with van der Waals surface area (Å²) in [6.45, 7) is 2.01. The molecular formula is C23H23Cl3N4O3. The summed E-state index contributed by atoms with van der Waals surface area (Å²) in [5, 5.41) is 22.9. The third-order valence-electron chi connectivity index (χ3n) is 4.87. The van der Waals surface area contributed by atoms with Crippen LogP contribution in [-0.4, -0.2) is 37.1 Å². The number of nitrogens with zero attached hydrogens (tertiary/aromatic N) is 3. The number of hydrogen-bond acceptors (Lipinski definition) is 5. The maximum Gasteiger partial charge on any atom is 0.262 e. The van der Waals surface area contributed by atoms with Gasteiger partial charge in [0.15, 0.2) is 5.65 Å². The second kappa shape index (κ2) is 11.0. The Labute approximate surface area is 205 Å². The van der Waals surface area contributed by atoms with E-state index in [-0.39, 0.29) is 11.3 Å². The van der Waals surface area contributed by atoms with Gasteiger partial charge in [-0.1, -0.05) is 65.9 Å². The highest BCUT2D eigenvalue weighted by Gasteiger charge is 2.21. The average Bonchev–Trinajstić information content (AvgIpc) is 2.97. The van der Waals surface area contributed by atoms with E-state index >= 15 is 0 Å². The van der Waals surface area contributed by atoms with Crippen LogP contribution in [0.4, 0.5) is 0 Å². The largest absolute Gasteiger partial charge is 0.508 e. The fourth-order valence-electron chi connectivity index (χ4n) is 3.57. The summed E-state index contributed by atoms with van der Waals surface area (Å²) in [6, 6.07) is 3.15. The lowest BCUT2D eigenvalue weighted by atomic mass is 10.1. The predicted octanol–water partition coefficient (Wildman–Crippen LogP) is 5.50. The van der Waals surface area contributed by atoms with Crippen LogP contribution in [0, 0.1) is 0 Å². The van der Waals surface area contributed by atoms with E-state index in [4.69, 9.17) is 44.9 Å². The lowest BCUT2D eigenvalue weighted by Crippen LogP contribution is -2.14. The SMILES string of the molecule is CCCc1nn(-c2c(Cl)cc(Cl)cc2Cl)c2nc(CC3=CC(O)=CC=CC3)[nH]c(=O)c12.CO. The number of rotatable bonds is 5. The number of H-pyrrole nitrogens is 1. The second-order valence-corrected chi connectivity index (χ2v) is 8.49. The van der Waals surface area contributed by atoms with Crippen LogP contribution in [0.5, 0.6) is 0 Å². The van der Waals surface area contributed by atoms with Crippen molar-refractivity contribution in [3.63, 3.8) is 0 Å². The highest BCUT2D eigenvalue weighted by Crippen LogP contribution is 2.34. The van der Waals surface area contributed by atoms with Gasteiger partial charge in [-0.3, -0.25) is 4.79 Å². The van der Waals surface area contributed by atoms with Crippen LogP contribution in [0.2, 0.25) is 15.1 Å². The second-order valence-electron chi connectivity index (χ2n) is 7.24. The highest BCUT2D eigenvalue weighted by molar-refractivity contribution is 6.40. The van der Waals surface area contributed by atoms with Gasteiger partial charge < -0.3 is 15.2 Å². The first-order valence-electron chi connectivity index (χ1n) is 10.2. The van der Waals surface area contributed by atoms with Crippen LogP contribution in [0.3, 0.4) is 0 Å². The summed E-state index contributed by atoms with van der Waals surface area (Å²) in [6.07, 6.45) is 9.42. The van der Waals surface area contributed by atoms with Gasteiger partial charge in [-0.2, -0.15) is 5.10 Å². The van der Waals surface area contributed by atoms with E-state index in [1.54, 1.807) is 30.4 Å². The number of nitrogens with one attached hydrogen (secondary N) is 1. The third-order valence-corrected chi connectivity index (χ3v) is 5.66. The van der Waals surface area contributed by atoms with Crippen LogP contribution < -0.4 is 5.56 Å². The van der Waals surface area contributed by atoms with Crippen molar-refractivity contribution in [1.29, 1.82) is 0 Å². The summed E-state index contributed by atoms with van der Waals surface area (Å²) >= 11 is 18.9. The van der Waals surface area contributed by atoms with Crippen molar-refractivity contribution in [2.45, 2.75) is 32.6 Å². The molecule has 1 aliphatic carbocycles. The molecule has 0 saturated carbocycles. The Morgan fingerprint density at radius 1 is 1.18 bits per heavy atom. The van der Waals surface area contributed by atoms with Gasteiger partial charge in [-0.25, -0.2) is 9.67 Å². The smallest absolute Gasteiger partial charge is 0.262 e. The first kappa shape index (κ1) is 25.1. The first-order chi connectivity index (χ1) is 15.9. The summed E-state index contributed by atoms with van der Waals surface area (Å²) in [4.78, 5) is 20.6. The van der Waals surface area contributed by atoms with Crippen molar-refractivity contribution in [3.8, 4) is 5.69 Å². The van der Waals surface area contributed by atoms with Crippen LogP contribution in [0.15, 0.2) is 52.6 Å². The number of allylic oxidation sites excluding steroid dienone is 5. The van der Waals surface area contributed by atoms with Crippen LogP contribution in [0.1, 0.15) is 31.3 Å². The molecule has 0 saturated heterocycles. The van der Waals surface area contributed by atoms with Gasteiger partial charge in [0.05, 0.1) is 15.7 Å². The zero-order valence-electron chi connectivity index (χ0n) is 18.1. The number of aromatic nitrogens is 4. The van der Waals surface area contributed by atoms with E-state index in [0.717, 1.165) is 19.1 Å². The van der Waals surface area contributed by atoms with Crippen molar-refractivity contribution in [2.75, 3.05) is 7.11 Å². The van der Waals surface area contributed by atoms with Gasteiger partial charge in [0, 0.05) is 18.6 Å². The van der Waals surface area contributed by atoms with E-state index in [1.165, 1.54) is 4.68 Å². The lowest BCUT2D eigenvalue weighted by Gasteiger charge is -2.09. The quantitative estimate of drug-likeness (QED) is 0.421. The van der Waals surface area contributed by atoms with E-state index in [0.29, 0.717) is 62.6 Å². The first-order valence-corrected chi connectivity index (χ1v) is 11.4. The summed E-state index contributed by atoms with van der Waals surface area (Å²) in [5.74, 6) is 0.611. The minimum Gasteiger partial charge on any atom is -0.508 e. The van der Waals surface area contributed by atoms with Crippen molar-refractivity contribution < 1.29 is 10.2 Å². The molecule has 33 heavy (non-hydrogen) atoms. The van der Waals surface area contributed by atoms with E-state index < -0.39 is 0 Å². The molecule has 0 amide bonds. The fourth-order valence-corrected chi connectivity index (χ4v) is 4.54. The van der Waals surface area contributed by atoms with Gasteiger partial charge in [-0.05, 0) is 37.1 Å². The maximum atomic E-state index is 13.0. The standard InChI is InChI=1S/C22H19Cl3N4O2.CH4O/c1-2-5-17-19-21(29(28-17)20-15(24)10-13(23)11-16(20)25)26-18(27-22(19)31)9-12-6-3-4-7-14(30)8-12;1-2/h3-4,7-8,10-11,30H,2,5-6,9H2,1H3,(H,26,27,31);2H,1H3. The van der Waals surface area contributed by atoms with Crippen LogP contribution >= 0.6 is 34.8 Å². The number of aryl methyl sites for hydroxylation is 1. The van der Waals surface area contributed by atoms with Gasteiger partial charge in [-0.15, -0.1) is 0 Å². The zero-order valence-corrected chi connectivity index (χ0v) is 20.3. The Balaban J connectivity index is 0.00000149. The van der Waals surface area contributed by atoms with Crippen molar-refractivity contribution in [2.24, 2.45) is 0 Å². The molecule has 0 aliphatic heterocycles. The van der Waals surface area contributed by atoms with Gasteiger partial charge in [0.1, 0.15) is 22.7 Å². The molecule has 0 fully saturated rings. The predicted molar refractivity (Wildman–Crippen MR) is 133 cm³/mol. The van der Waals surface area contributed by atoms with Gasteiger partial charge >= 0.3 is 0 Å². The zero-order chi connectivity index (χ0) is 24.1. The molecule has 3 N–H and O–H groups in total. The molecule has 4 rings (SSSR count). The van der Waals surface area contributed by atoms with Crippen LogP contribution in [0.25, 0.3) is 16.7 Å². The summed E-state index contributed by atoms with van der Waals surface area (Å²) in [5.41, 5.74) is 2.05. The Bertz CT molecular complexity index is 1300. The molecule has 0 atom stereocenters. The molecular weight excluding hydrogens is 487 g/mol. The Kier molecular flexibility index (Phi) is 8.37. The molecule has 1 aromatic carbocycles. The molecule has 3 aromatic rings. The number of aromatic amines is 1. The molecule has 2 aromatic heterocycles. The number of hydrogen-bond donors (Lipinski definition) is 3. The summed E-state index contributed by atoms with van der Waals surface area (Å²) < 4.78 is 1.51. The molecule has 0 bridgehead atoms. The fraction of sp³-hybridized carbons (Fsp3) is 0.261. The molecule has 0 unspecified atom stereocenters. The number of aliphatic hydroxyl groups is 2. The molecule has 1 aliphatic rings. The normalized spacial score (nSPS) is 13.3. The lowest BCUT2D eigenvalue weighted by molar-refractivity contribution is 0.399. The molecule has 2 heterocycles. The van der Waals surface area contributed by atoms with E-state index in [9.17, 15) is 9.90 Å².